The molecule has 1 aliphatic heterocycles. The second-order valence-corrected chi connectivity index (χ2v) is 6.99. The highest BCUT2D eigenvalue weighted by molar-refractivity contribution is 5.95. The van der Waals surface area contributed by atoms with E-state index in [2.05, 4.69) is 4.98 Å². The van der Waals surface area contributed by atoms with Gasteiger partial charge in [0.1, 0.15) is 0 Å². The quantitative estimate of drug-likeness (QED) is 0.889. The number of aromatic nitrogens is 1. The topological polar surface area (TPSA) is 73.4 Å². The van der Waals surface area contributed by atoms with Crippen LogP contribution in [0.4, 0.5) is 0 Å². The van der Waals surface area contributed by atoms with Gasteiger partial charge in [-0.15, -0.1) is 0 Å². The lowest BCUT2D eigenvalue weighted by Gasteiger charge is -2.32. The van der Waals surface area contributed by atoms with E-state index in [1.54, 1.807) is 12.1 Å². The van der Waals surface area contributed by atoms with E-state index in [0.717, 1.165) is 60.8 Å². The monoisotopic (exact) mass is 326 g/mol. The van der Waals surface area contributed by atoms with E-state index in [-0.39, 0.29) is 11.8 Å². The van der Waals surface area contributed by atoms with Crippen LogP contribution in [-0.4, -0.2) is 33.4 Å². The highest BCUT2D eigenvalue weighted by atomic mass is 16.4. The van der Waals surface area contributed by atoms with Crippen molar-refractivity contribution in [3.63, 3.8) is 0 Å². The van der Waals surface area contributed by atoms with Gasteiger partial charge in [0.05, 0.1) is 5.56 Å². The lowest BCUT2D eigenvalue weighted by molar-refractivity contribution is -0.137. The number of H-pyrrole nitrogens is 1. The van der Waals surface area contributed by atoms with Crippen LogP contribution in [0.15, 0.2) is 18.2 Å². The van der Waals surface area contributed by atoms with Crippen molar-refractivity contribution >= 4 is 22.8 Å². The molecule has 4 rings (SSSR count). The molecule has 2 heterocycles. The average molecular weight is 326 g/mol. The molecule has 1 saturated carbocycles. The fraction of sp³-hybridized carbons (Fsp3) is 0.474. The van der Waals surface area contributed by atoms with E-state index in [1.165, 1.54) is 6.42 Å². The summed E-state index contributed by atoms with van der Waals surface area (Å²) >= 11 is 0. The molecule has 0 saturated heterocycles. The van der Waals surface area contributed by atoms with Gasteiger partial charge in [0, 0.05) is 47.6 Å². The summed E-state index contributed by atoms with van der Waals surface area (Å²) in [6, 6.07) is 5.17. The van der Waals surface area contributed by atoms with Crippen LogP contribution in [0.3, 0.4) is 0 Å². The molecule has 5 heteroatoms. The maximum absolute atomic E-state index is 12.8. The summed E-state index contributed by atoms with van der Waals surface area (Å²) in [6.07, 6.45) is 6.40. The molecule has 1 aromatic heterocycles. The Balaban J connectivity index is 1.63. The maximum atomic E-state index is 12.8. The summed E-state index contributed by atoms with van der Waals surface area (Å²) in [5.74, 6) is -0.457. The molecule has 1 aromatic carbocycles. The first kappa shape index (κ1) is 15.2. The van der Waals surface area contributed by atoms with Gasteiger partial charge < -0.3 is 15.0 Å². The number of carbonyl (C=O) groups is 2. The van der Waals surface area contributed by atoms with Gasteiger partial charge in [-0.2, -0.15) is 0 Å². The smallest absolute Gasteiger partial charge is 0.335 e. The number of nitrogens with one attached hydrogen (secondary N) is 1. The number of hydrogen-bond acceptors (Lipinski definition) is 2. The van der Waals surface area contributed by atoms with Gasteiger partial charge in [-0.1, -0.05) is 19.3 Å². The number of benzene rings is 1. The average Bonchev–Trinajstić information content (AvgIpc) is 2.98. The van der Waals surface area contributed by atoms with Crippen LogP contribution in [0.5, 0.6) is 0 Å². The zero-order valence-electron chi connectivity index (χ0n) is 13.7. The summed E-state index contributed by atoms with van der Waals surface area (Å²) in [6.45, 7) is 1.34. The van der Waals surface area contributed by atoms with Crippen molar-refractivity contribution in [1.82, 2.24) is 9.88 Å². The Morgan fingerprint density at radius 3 is 2.71 bits per heavy atom. The van der Waals surface area contributed by atoms with Crippen LogP contribution in [0, 0.1) is 5.92 Å². The molecule has 1 aliphatic carbocycles. The van der Waals surface area contributed by atoms with Crippen molar-refractivity contribution in [2.45, 2.75) is 45.1 Å². The van der Waals surface area contributed by atoms with Gasteiger partial charge >= 0.3 is 5.97 Å². The number of carboxylic acids is 1. The summed E-state index contributed by atoms with van der Waals surface area (Å²) < 4.78 is 0. The van der Waals surface area contributed by atoms with Gasteiger partial charge in [-0.05, 0) is 31.0 Å². The predicted molar refractivity (Wildman–Crippen MR) is 91.0 cm³/mol. The van der Waals surface area contributed by atoms with Crippen LogP contribution >= 0.6 is 0 Å². The molecule has 0 unspecified atom stereocenters. The molecular weight excluding hydrogens is 304 g/mol. The summed E-state index contributed by atoms with van der Waals surface area (Å²) in [4.78, 5) is 29.4. The molecule has 2 N–H and O–H groups in total. The molecular formula is C19H22N2O3. The Morgan fingerprint density at radius 1 is 1.17 bits per heavy atom. The summed E-state index contributed by atoms with van der Waals surface area (Å²) in [7, 11) is 0. The second-order valence-electron chi connectivity index (χ2n) is 6.99. The molecule has 0 atom stereocenters. The van der Waals surface area contributed by atoms with Gasteiger partial charge in [0.25, 0.3) is 0 Å². The lowest BCUT2D eigenvalue weighted by atomic mass is 9.87. The molecule has 5 nitrogen and oxygen atoms in total. The third kappa shape index (κ3) is 2.58. The number of hydrogen-bond donors (Lipinski definition) is 2. The normalized spacial score (nSPS) is 18.6. The van der Waals surface area contributed by atoms with Crippen LogP contribution in [0.1, 0.15) is 53.7 Å². The highest BCUT2D eigenvalue weighted by Gasteiger charge is 2.29. The van der Waals surface area contributed by atoms with Crippen molar-refractivity contribution in [2.24, 2.45) is 5.92 Å². The van der Waals surface area contributed by atoms with Gasteiger partial charge in [-0.25, -0.2) is 4.79 Å². The fourth-order valence-corrected chi connectivity index (χ4v) is 4.14. The van der Waals surface area contributed by atoms with E-state index in [4.69, 9.17) is 0 Å². The largest absolute Gasteiger partial charge is 0.478 e. The van der Waals surface area contributed by atoms with Crippen LogP contribution in [-0.2, 0) is 17.8 Å². The number of rotatable bonds is 2. The van der Waals surface area contributed by atoms with Crippen LogP contribution in [0.25, 0.3) is 10.9 Å². The zero-order valence-corrected chi connectivity index (χ0v) is 13.7. The maximum Gasteiger partial charge on any atom is 0.335 e. The molecule has 0 spiro atoms. The Hall–Kier alpha value is -2.30. The molecule has 2 aromatic rings. The number of aromatic carboxylic acids is 1. The van der Waals surface area contributed by atoms with Crippen LogP contribution in [0.2, 0.25) is 0 Å². The lowest BCUT2D eigenvalue weighted by Crippen LogP contribution is -2.40. The minimum absolute atomic E-state index is 0.181. The Bertz CT molecular complexity index is 802. The minimum atomic E-state index is -0.919. The van der Waals surface area contributed by atoms with Crippen molar-refractivity contribution in [2.75, 3.05) is 6.54 Å². The summed E-state index contributed by atoms with van der Waals surface area (Å²) in [5.41, 5.74) is 3.47. The van der Waals surface area contributed by atoms with E-state index >= 15 is 0 Å². The molecule has 2 aliphatic rings. The minimum Gasteiger partial charge on any atom is -0.478 e. The third-order valence-corrected chi connectivity index (χ3v) is 5.49. The van der Waals surface area contributed by atoms with E-state index in [0.29, 0.717) is 12.1 Å². The number of carbonyl (C=O) groups excluding carboxylic acids is 1. The molecule has 126 valence electrons. The van der Waals surface area contributed by atoms with E-state index < -0.39 is 5.97 Å². The van der Waals surface area contributed by atoms with Gasteiger partial charge in [0.15, 0.2) is 0 Å². The molecule has 0 bridgehead atoms. The molecule has 24 heavy (non-hydrogen) atoms. The van der Waals surface area contributed by atoms with Gasteiger partial charge in [0.2, 0.25) is 5.91 Å². The second kappa shape index (κ2) is 5.96. The van der Waals surface area contributed by atoms with Gasteiger partial charge in [-0.3, -0.25) is 4.79 Å². The van der Waals surface area contributed by atoms with Crippen molar-refractivity contribution in [3.05, 3.63) is 35.0 Å². The Morgan fingerprint density at radius 2 is 1.96 bits per heavy atom. The fourth-order valence-electron chi connectivity index (χ4n) is 4.14. The predicted octanol–water partition coefficient (Wildman–Crippen LogP) is 3.33. The number of aromatic amines is 1. The number of fused-ring (bicyclic) bond motifs is 3. The first-order chi connectivity index (χ1) is 11.6. The van der Waals surface area contributed by atoms with Crippen molar-refractivity contribution < 1.29 is 14.7 Å². The molecule has 0 radical (unpaired) electrons. The first-order valence-corrected chi connectivity index (χ1v) is 8.79. The molecule has 1 amide bonds. The van der Waals surface area contributed by atoms with Crippen LogP contribution < -0.4 is 0 Å². The number of carboxylic acid groups (broad SMARTS) is 1. The summed E-state index contributed by atoms with van der Waals surface area (Å²) in [5, 5.41) is 10.2. The number of nitrogens with zero attached hydrogens (tertiary/aromatic N) is 1. The number of amides is 1. The highest BCUT2D eigenvalue weighted by Crippen LogP contribution is 2.31. The standard InChI is InChI=1S/C19H22N2O3/c22-18(12-4-2-1-3-5-12)21-9-8-17-15(11-21)14-10-13(19(23)24)6-7-16(14)20-17/h6-7,10,12,20H,1-5,8-9,11H2,(H,23,24). The van der Waals surface area contributed by atoms with E-state index in [1.807, 2.05) is 11.0 Å². The third-order valence-electron chi connectivity index (χ3n) is 5.49. The van der Waals surface area contributed by atoms with E-state index in [9.17, 15) is 14.7 Å². The SMILES string of the molecule is O=C(O)c1ccc2[nH]c3c(c2c1)CN(C(=O)C1CCCCC1)CC3. The Kier molecular flexibility index (Phi) is 3.79. The Labute approximate surface area is 140 Å². The molecule has 1 fully saturated rings. The van der Waals surface area contributed by atoms with Crippen molar-refractivity contribution in [3.8, 4) is 0 Å². The van der Waals surface area contributed by atoms with Crippen molar-refractivity contribution in [1.29, 1.82) is 0 Å². The first-order valence-electron chi connectivity index (χ1n) is 8.79. The zero-order chi connectivity index (χ0) is 16.7.